The van der Waals surface area contributed by atoms with Gasteiger partial charge in [-0.1, -0.05) is 24.3 Å². The van der Waals surface area contributed by atoms with Crippen LogP contribution in [0.15, 0.2) is 42.5 Å². The Morgan fingerprint density at radius 2 is 1.96 bits per heavy atom. The Balaban J connectivity index is 1.68. The number of halogens is 1. The molecule has 1 aliphatic heterocycles. The lowest BCUT2D eigenvalue weighted by atomic mass is 10.1. The van der Waals surface area contributed by atoms with Gasteiger partial charge < -0.3 is 19.7 Å². The van der Waals surface area contributed by atoms with Crippen LogP contribution in [0.5, 0.6) is 5.75 Å². The summed E-state index contributed by atoms with van der Waals surface area (Å²) in [5, 5.41) is 3.49. The number of rotatable bonds is 6. The Morgan fingerprint density at radius 3 is 2.68 bits per heavy atom. The van der Waals surface area contributed by atoms with Gasteiger partial charge in [-0.25, -0.2) is 4.39 Å². The number of hydrogen-bond donors (Lipinski definition) is 1. The second-order valence-corrected chi connectivity index (χ2v) is 6.22. The van der Waals surface area contributed by atoms with E-state index in [-0.39, 0.29) is 17.6 Å². The molecule has 1 unspecified atom stereocenters. The molecule has 0 bridgehead atoms. The van der Waals surface area contributed by atoms with Crippen LogP contribution in [0, 0.1) is 5.82 Å². The summed E-state index contributed by atoms with van der Waals surface area (Å²) in [6, 6.07) is 13.6. The van der Waals surface area contributed by atoms with E-state index in [0.717, 1.165) is 38.4 Å². The number of nitrogens with zero attached hydrogens (tertiary/aromatic N) is 1. The first-order chi connectivity index (χ1) is 12.2. The molecule has 0 aliphatic carbocycles. The fourth-order valence-corrected chi connectivity index (χ4v) is 3.11. The normalized spacial score (nSPS) is 15.9. The van der Waals surface area contributed by atoms with E-state index in [4.69, 9.17) is 9.47 Å². The minimum absolute atomic E-state index is 0.0400. The number of methoxy groups -OCH3 is 1. The predicted molar refractivity (Wildman–Crippen MR) is 97.7 cm³/mol. The third-order valence-electron chi connectivity index (χ3n) is 4.62. The maximum absolute atomic E-state index is 13.9. The van der Waals surface area contributed by atoms with Gasteiger partial charge in [0.2, 0.25) is 0 Å². The summed E-state index contributed by atoms with van der Waals surface area (Å²) >= 11 is 0. The van der Waals surface area contributed by atoms with Crippen molar-refractivity contribution in [1.82, 2.24) is 5.32 Å². The van der Waals surface area contributed by atoms with Crippen molar-refractivity contribution >= 4 is 5.69 Å². The minimum Gasteiger partial charge on any atom is -0.494 e. The van der Waals surface area contributed by atoms with Crippen LogP contribution in [-0.2, 0) is 11.3 Å². The lowest BCUT2D eigenvalue weighted by Gasteiger charge is -2.31. The lowest BCUT2D eigenvalue weighted by molar-refractivity contribution is 0.122. The van der Waals surface area contributed by atoms with Crippen LogP contribution >= 0.6 is 0 Å². The topological polar surface area (TPSA) is 33.7 Å². The lowest BCUT2D eigenvalue weighted by Crippen LogP contribution is -2.37. The van der Waals surface area contributed by atoms with E-state index in [1.165, 1.54) is 24.4 Å². The van der Waals surface area contributed by atoms with E-state index in [0.29, 0.717) is 0 Å². The Hall–Kier alpha value is -2.11. The molecule has 0 spiro atoms. The van der Waals surface area contributed by atoms with Crippen LogP contribution in [0.3, 0.4) is 0 Å². The van der Waals surface area contributed by atoms with Gasteiger partial charge in [0, 0.05) is 31.4 Å². The van der Waals surface area contributed by atoms with Crippen LogP contribution in [0.25, 0.3) is 0 Å². The van der Waals surface area contributed by atoms with Crippen molar-refractivity contribution in [2.75, 3.05) is 38.3 Å². The number of benzene rings is 2. The van der Waals surface area contributed by atoms with Crippen LogP contribution < -0.4 is 15.0 Å². The number of morpholine rings is 1. The molecule has 1 heterocycles. The molecule has 1 saturated heterocycles. The molecular weight excluding hydrogens is 319 g/mol. The summed E-state index contributed by atoms with van der Waals surface area (Å²) in [7, 11) is 1.47. The molecule has 1 aliphatic rings. The summed E-state index contributed by atoms with van der Waals surface area (Å²) in [6.45, 7) is 6.13. The third-order valence-corrected chi connectivity index (χ3v) is 4.62. The maximum Gasteiger partial charge on any atom is 0.165 e. The SMILES string of the molecule is COc1ccc(C(C)NCc2ccccc2N2CCOCC2)cc1F. The number of nitrogens with one attached hydrogen (secondary N) is 1. The van der Waals surface area contributed by atoms with Crippen molar-refractivity contribution in [2.24, 2.45) is 0 Å². The molecule has 1 fully saturated rings. The molecule has 5 heteroatoms. The van der Waals surface area contributed by atoms with Crippen molar-refractivity contribution < 1.29 is 13.9 Å². The maximum atomic E-state index is 13.9. The van der Waals surface area contributed by atoms with Gasteiger partial charge in [0.1, 0.15) is 0 Å². The summed E-state index contributed by atoms with van der Waals surface area (Å²) in [5.41, 5.74) is 3.39. The highest BCUT2D eigenvalue weighted by Crippen LogP contribution is 2.24. The van der Waals surface area contributed by atoms with Crippen molar-refractivity contribution in [3.05, 3.63) is 59.4 Å². The van der Waals surface area contributed by atoms with Gasteiger partial charge in [0.25, 0.3) is 0 Å². The van der Waals surface area contributed by atoms with Crippen molar-refractivity contribution in [2.45, 2.75) is 19.5 Å². The Bertz CT molecular complexity index is 702. The fourth-order valence-electron chi connectivity index (χ4n) is 3.11. The molecule has 0 aromatic heterocycles. The average Bonchev–Trinajstić information content (AvgIpc) is 2.67. The summed E-state index contributed by atoms with van der Waals surface area (Å²) in [6.07, 6.45) is 0. The molecule has 1 atom stereocenters. The third kappa shape index (κ3) is 4.30. The second kappa shape index (κ2) is 8.32. The number of ether oxygens (including phenoxy) is 2. The second-order valence-electron chi connectivity index (χ2n) is 6.22. The first-order valence-corrected chi connectivity index (χ1v) is 8.66. The van der Waals surface area contributed by atoms with Gasteiger partial charge in [0.15, 0.2) is 11.6 Å². The average molecular weight is 344 g/mol. The van der Waals surface area contributed by atoms with E-state index >= 15 is 0 Å². The monoisotopic (exact) mass is 344 g/mol. The first-order valence-electron chi connectivity index (χ1n) is 8.66. The molecule has 25 heavy (non-hydrogen) atoms. The number of para-hydroxylation sites is 1. The van der Waals surface area contributed by atoms with E-state index < -0.39 is 0 Å². The van der Waals surface area contributed by atoms with Crippen LogP contribution in [0.1, 0.15) is 24.1 Å². The minimum atomic E-state index is -0.331. The van der Waals surface area contributed by atoms with E-state index in [9.17, 15) is 4.39 Å². The van der Waals surface area contributed by atoms with Gasteiger partial charge in [0.05, 0.1) is 20.3 Å². The van der Waals surface area contributed by atoms with E-state index in [2.05, 4.69) is 34.5 Å². The summed E-state index contributed by atoms with van der Waals surface area (Å²) < 4.78 is 24.3. The van der Waals surface area contributed by atoms with Crippen molar-refractivity contribution in [3.63, 3.8) is 0 Å². The quantitative estimate of drug-likeness (QED) is 0.869. The van der Waals surface area contributed by atoms with Gasteiger partial charge in [-0.05, 0) is 36.2 Å². The molecule has 0 saturated carbocycles. The van der Waals surface area contributed by atoms with Crippen LogP contribution in [0.4, 0.5) is 10.1 Å². The smallest absolute Gasteiger partial charge is 0.165 e. The van der Waals surface area contributed by atoms with Crippen LogP contribution in [0.2, 0.25) is 0 Å². The zero-order valence-corrected chi connectivity index (χ0v) is 14.8. The number of anilines is 1. The summed E-state index contributed by atoms with van der Waals surface area (Å²) in [4.78, 5) is 2.36. The van der Waals surface area contributed by atoms with Gasteiger partial charge >= 0.3 is 0 Å². The molecule has 1 N–H and O–H groups in total. The van der Waals surface area contributed by atoms with Gasteiger partial charge in [-0.2, -0.15) is 0 Å². The Kier molecular flexibility index (Phi) is 5.89. The number of hydrogen-bond acceptors (Lipinski definition) is 4. The van der Waals surface area contributed by atoms with E-state index in [1.54, 1.807) is 6.07 Å². The standard InChI is InChI=1S/C20H25FN2O2/c1-15(16-7-8-20(24-2)18(21)13-16)22-14-17-5-3-4-6-19(17)23-9-11-25-12-10-23/h3-8,13,15,22H,9-12,14H2,1-2H3. The zero-order valence-electron chi connectivity index (χ0n) is 14.8. The van der Waals surface area contributed by atoms with Gasteiger partial charge in [-0.15, -0.1) is 0 Å². The van der Waals surface area contributed by atoms with Gasteiger partial charge in [-0.3, -0.25) is 0 Å². The van der Waals surface area contributed by atoms with Crippen LogP contribution in [-0.4, -0.2) is 33.4 Å². The molecule has 2 aromatic rings. The highest BCUT2D eigenvalue weighted by atomic mass is 19.1. The molecule has 0 radical (unpaired) electrons. The van der Waals surface area contributed by atoms with Crippen molar-refractivity contribution in [3.8, 4) is 5.75 Å². The fraction of sp³-hybridized carbons (Fsp3) is 0.400. The largest absolute Gasteiger partial charge is 0.494 e. The zero-order chi connectivity index (χ0) is 17.6. The predicted octanol–water partition coefficient (Wildman–Crippen LogP) is 3.52. The molecule has 0 amide bonds. The Morgan fingerprint density at radius 1 is 1.20 bits per heavy atom. The molecule has 3 rings (SSSR count). The summed E-state index contributed by atoms with van der Waals surface area (Å²) in [5.74, 6) is -0.0593. The molecule has 4 nitrogen and oxygen atoms in total. The van der Waals surface area contributed by atoms with E-state index in [1.807, 2.05) is 13.0 Å². The first kappa shape index (κ1) is 17.7. The molecule has 134 valence electrons. The molecular formula is C20H25FN2O2. The molecule has 2 aromatic carbocycles. The highest BCUT2D eigenvalue weighted by Gasteiger charge is 2.15. The van der Waals surface area contributed by atoms with Crippen molar-refractivity contribution in [1.29, 1.82) is 0 Å². The highest BCUT2D eigenvalue weighted by molar-refractivity contribution is 5.54. The Labute approximate surface area is 148 Å².